The minimum atomic E-state index is -0.904. The minimum Gasteiger partial charge on any atom is -0.508 e. The second-order valence-corrected chi connectivity index (χ2v) is 7.77. The number of nitrogens with zero attached hydrogens (tertiary/aromatic N) is 1. The highest BCUT2D eigenvalue weighted by molar-refractivity contribution is 6.39. The third-order valence-electron chi connectivity index (χ3n) is 4.89. The number of phenols is 1. The predicted molar refractivity (Wildman–Crippen MR) is 129 cm³/mol. The summed E-state index contributed by atoms with van der Waals surface area (Å²) in [5, 5.41) is 14.4. The van der Waals surface area contributed by atoms with Crippen LogP contribution in [0.5, 0.6) is 11.5 Å². The molecule has 0 radical (unpaired) electrons. The lowest BCUT2D eigenvalue weighted by molar-refractivity contribution is -0.122. The van der Waals surface area contributed by atoms with Crippen molar-refractivity contribution in [2.45, 2.75) is 0 Å². The second-order valence-electron chi connectivity index (χ2n) is 7.37. The van der Waals surface area contributed by atoms with Crippen molar-refractivity contribution in [3.63, 3.8) is 0 Å². The molecule has 0 aromatic heterocycles. The Morgan fingerprint density at radius 1 is 1.03 bits per heavy atom. The summed E-state index contributed by atoms with van der Waals surface area (Å²) in [6.07, 6.45) is 1.29. The van der Waals surface area contributed by atoms with E-state index in [1.165, 1.54) is 42.5 Å². The van der Waals surface area contributed by atoms with Crippen LogP contribution in [0.1, 0.15) is 5.56 Å². The van der Waals surface area contributed by atoms with Gasteiger partial charge in [0.2, 0.25) is 0 Å². The van der Waals surface area contributed by atoms with Crippen LogP contribution in [-0.4, -0.2) is 35.5 Å². The average Bonchev–Trinajstić information content (AvgIpc) is 2.83. The van der Waals surface area contributed by atoms with E-state index in [0.717, 1.165) is 4.90 Å². The number of rotatable bonds is 6. The van der Waals surface area contributed by atoms with Crippen molar-refractivity contribution in [2.75, 3.05) is 16.8 Å². The maximum absolute atomic E-state index is 12.9. The number of carbonyl (C=O) groups is 4. The van der Waals surface area contributed by atoms with Crippen LogP contribution in [-0.2, 0) is 14.4 Å². The number of imide groups is 2. The van der Waals surface area contributed by atoms with Gasteiger partial charge in [0.15, 0.2) is 6.61 Å². The minimum absolute atomic E-state index is 0.0417. The summed E-state index contributed by atoms with van der Waals surface area (Å²) in [5.74, 6) is -1.87. The Labute approximate surface area is 204 Å². The maximum atomic E-state index is 12.9. The van der Waals surface area contributed by atoms with Crippen LogP contribution in [0.15, 0.2) is 78.4 Å². The van der Waals surface area contributed by atoms with E-state index in [1.54, 1.807) is 30.3 Å². The zero-order valence-electron chi connectivity index (χ0n) is 18.0. The normalized spacial score (nSPS) is 14.6. The Balaban J connectivity index is 1.48. The van der Waals surface area contributed by atoms with Crippen molar-refractivity contribution in [3.05, 3.63) is 89.0 Å². The van der Waals surface area contributed by atoms with Gasteiger partial charge in [-0.2, -0.15) is 0 Å². The third kappa shape index (κ3) is 5.48. The fourth-order valence-corrected chi connectivity index (χ4v) is 3.49. The summed E-state index contributed by atoms with van der Waals surface area (Å²) in [6, 6.07) is 17.9. The number of urea groups is 1. The van der Waals surface area contributed by atoms with Gasteiger partial charge in [-0.05, 0) is 60.2 Å². The molecule has 0 bridgehead atoms. The van der Waals surface area contributed by atoms with Crippen LogP contribution < -0.4 is 20.3 Å². The second kappa shape index (κ2) is 10.1. The fraction of sp³-hybridized carbons (Fsp3) is 0.0400. The largest absolute Gasteiger partial charge is 0.508 e. The van der Waals surface area contributed by atoms with E-state index in [1.807, 2.05) is 6.07 Å². The molecule has 1 heterocycles. The third-order valence-corrected chi connectivity index (χ3v) is 5.19. The first-order valence-corrected chi connectivity index (χ1v) is 10.7. The molecule has 0 saturated carbocycles. The molecular weight excluding hydrogens is 474 g/mol. The molecule has 3 aromatic carbocycles. The first-order chi connectivity index (χ1) is 16.8. The number of nitrogens with one attached hydrogen (secondary N) is 2. The molecule has 5 amide bonds. The van der Waals surface area contributed by atoms with Crippen LogP contribution in [0, 0.1) is 0 Å². The Bertz CT molecular complexity index is 1340. The summed E-state index contributed by atoms with van der Waals surface area (Å²) in [7, 11) is 0. The number of halogens is 1. The van der Waals surface area contributed by atoms with Gasteiger partial charge >= 0.3 is 6.03 Å². The highest BCUT2D eigenvalue weighted by Gasteiger charge is 2.36. The molecule has 0 spiro atoms. The van der Waals surface area contributed by atoms with E-state index in [9.17, 15) is 24.3 Å². The zero-order chi connectivity index (χ0) is 24.9. The molecule has 4 rings (SSSR count). The number of amides is 5. The molecule has 1 saturated heterocycles. The quantitative estimate of drug-likeness (QED) is 0.356. The molecule has 10 heteroatoms. The van der Waals surface area contributed by atoms with Crippen molar-refractivity contribution in [1.82, 2.24) is 5.32 Å². The summed E-state index contributed by atoms with van der Waals surface area (Å²) >= 11 is 6.27. The van der Waals surface area contributed by atoms with E-state index < -0.39 is 17.8 Å². The Hall–Kier alpha value is -4.63. The van der Waals surface area contributed by atoms with Crippen LogP contribution in [0.4, 0.5) is 16.2 Å². The van der Waals surface area contributed by atoms with Crippen molar-refractivity contribution in [2.24, 2.45) is 0 Å². The van der Waals surface area contributed by atoms with Gasteiger partial charge in [0.25, 0.3) is 17.7 Å². The van der Waals surface area contributed by atoms with E-state index in [4.69, 9.17) is 16.3 Å². The topological polar surface area (TPSA) is 125 Å². The molecule has 1 fully saturated rings. The van der Waals surface area contributed by atoms with Crippen molar-refractivity contribution < 1.29 is 29.0 Å². The number of carbonyl (C=O) groups excluding carboxylic acids is 4. The number of para-hydroxylation sites is 1. The highest BCUT2D eigenvalue weighted by Crippen LogP contribution is 2.28. The van der Waals surface area contributed by atoms with Gasteiger partial charge in [-0.15, -0.1) is 0 Å². The van der Waals surface area contributed by atoms with Gasteiger partial charge in [0, 0.05) is 5.69 Å². The van der Waals surface area contributed by atoms with Crippen LogP contribution in [0.25, 0.3) is 6.08 Å². The Morgan fingerprint density at radius 3 is 2.43 bits per heavy atom. The molecule has 176 valence electrons. The number of anilines is 2. The fourth-order valence-electron chi connectivity index (χ4n) is 3.25. The van der Waals surface area contributed by atoms with E-state index in [0.29, 0.717) is 11.3 Å². The first-order valence-electron chi connectivity index (χ1n) is 10.3. The Kier molecular flexibility index (Phi) is 6.79. The monoisotopic (exact) mass is 491 g/mol. The van der Waals surface area contributed by atoms with Crippen molar-refractivity contribution in [3.8, 4) is 11.5 Å². The van der Waals surface area contributed by atoms with Gasteiger partial charge in [-0.25, -0.2) is 9.69 Å². The smallest absolute Gasteiger partial charge is 0.335 e. The van der Waals surface area contributed by atoms with Crippen molar-refractivity contribution in [1.29, 1.82) is 0 Å². The lowest BCUT2D eigenvalue weighted by atomic mass is 10.1. The van der Waals surface area contributed by atoms with Crippen LogP contribution >= 0.6 is 11.6 Å². The van der Waals surface area contributed by atoms with Gasteiger partial charge in [-0.3, -0.25) is 19.7 Å². The summed E-state index contributed by atoms with van der Waals surface area (Å²) in [4.78, 5) is 50.4. The van der Waals surface area contributed by atoms with Gasteiger partial charge in [-0.1, -0.05) is 35.9 Å². The lowest BCUT2D eigenvalue weighted by Crippen LogP contribution is -2.54. The number of ether oxygens (including phenoxy) is 1. The van der Waals surface area contributed by atoms with Crippen LogP contribution in [0.2, 0.25) is 5.02 Å². The molecule has 3 aromatic rings. The molecule has 1 aliphatic heterocycles. The molecule has 1 aliphatic rings. The number of aromatic hydroxyl groups is 1. The average molecular weight is 492 g/mol. The van der Waals surface area contributed by atoms with E-state index in [-0.39, 0.29) is 40.3 Å². The molecule has 3 N–H and O–H groups in total. The summed E-state index contributed by atoms with van der Waals surface area (Å²) in [5.41, 5.74) is 0.919. The zero-order valence-corrected chi connectivity index (χ0v) is 18.8. The lowest BCUT2D eigenvalue weighted by Gasteiger charge is -2.26. The number of hydrogen-bond donors (Lipinski definition) is 3. The standard InChI is InChI=1S/C25H18ClN3O6/c26-20-13-15(6-11-21(20)35-14-22(31)27-16-4-2-1-3-5-16)12-19-23(32)28-25(34)29(24(19)33)17-7-9-18(30)10-8-17/h1-13,30H,14H2,(H,27,31)(H,28,32,34)/b19-12+. The molecule has 0 aliphatic carbocycles. The van der Waals surface area contributed by atoms with Gasteiger partial charge in [0.05, 0.1) is 10.7 Å². The molecule has 35 heavy (non-hydrogen) atoms. The first kappa shape index (κ1) is 23.5. The van der Waals surface area contributed by atoms with Gasteiger partial charge < -0.3 is 15.2 Å². The molecular formula is C25H18ClN3O6. The predicted octanol–water partition coefficient (Wildman–Crippen LogP) is 3.73. The SMILES string of the molecule is O=C(COc1ccc(/C=C2\C(=O)NC(=O)N(c3ccc(O)cc3)C2=O)cc1Cl)Nc1ccccc1. The highest BCUT2D eigenvalue weighted by atomic mass is 35.5. The maximum Gasteiger partial charge on any atom is 0.335 e. The number of barbiturate groups is 1. The number of benzene rings is 3. The number of hydrogen-bond acceptors (Lipinski definition) is 6. The molecule has 0 unspecified atom stereocenters. The summed E-state index contributed by atoms with van der Waals surface area (Å²) in [6.45, 7) is -0.278. The van der Waals surface area contributed by atoms with Gasteiger partial charge in [0.1, 0.15) is 17.1 Å². The molecule has 9 nitrogen and oxygen atoms in total. The number of phenolic OH excluding ortho intramolecular Hbond substituents is 1. The van der Waals surface area contributed by atoms with Crippen molar-refractivity contribution >= 4 is 52.8 Å². The van der Waals surface area contributed by atoms with E-state index in [2.05, 4.69) is 10.6 Å². The Morgan fingerprint density at radius 2 is 1.74 bits per heavy atom. The van der Waals surface area contributed by atoms with E-state index >= 15 is 0 Å². The summed E-state index contributed by atoms with van der Waals surface area (Å²) < 4.78 is 5.47. The molecule has 0 atom stereocenters. The van der Waals surface area contributed by atoms with Crippen LogP contribution in [0.3, 0.4) is 0 Å².